The molecule has 0 bridgehead atoms. The molecule has 1 heteroatoms. The van der Waals surface area contributed by atoms with Crippen molar-refractivity contribution < 1.29 is 5.11 Å². The molecule has 0 amide bonds. The van der Waals surface area contributed by atoms with Gasteiger partial charge in [-0.05, 0) is 61.1 Å². The predicted octanol–water partition coefficient (Wildman–Crippen LogP) is 3.25. The van der Waals surface area contributed by atoms with Gasteiger partial charge in [0, 0.05) is 6.61 Å². The molecule has 1 aromatic rings. The van der Waals surface area contributed by atoms with Crippen LogP contribution in [0.15, 0.2) is 18.2 Å². The van der Waals surface area contributed by atoms with Gasteiger partial charge >= 0.3 is 0 Å². The first-order valence-corrected chi connectivity index (χ1v) is 6.23. The van der Waals surface area contributed by atoms with Crippen molar-refractivity contribution >= 4 is 0 Å². The number of aryl methyl sites for hydroxylation is 2. The lowest BCUT2D eigenvalue weighted by Crippen LogP contribution is -2.27. The van der Waals surface area contributed by atoms with E-state index >= 15 is 0 Å². The van der Waals surface area contributed by atoms with Crippen molar-refractivity contribution in [2.45, 2.75) is 40.0 Å². The molecule has 1 atom stereocenters. The standard InChI is InChI=1S/C15H22O/c1-11-5-4-6-12(2)14(11)9-15(3,10-16)13-7-8-13/h4-6,13,16H,7-10H2,1-3H3. The van der Waals surface area contributed by atoms with Gasteiger partial charge in [0.05, 0.1) is 0 Å². The van der Waals surface area contributed by atoms with Crippen LogP contribution in [0.3, 0.4) is 0 Å². The van der Waals surface area contributed by atoms with Gasteiger partial charge in [-0.25, -0.2) is 0 Å². The van der Waals surface area contributed by atoms with Gasteiger partial charge in [-0.1, -0.05) is 25.1 Å². The van der Waals surface area contributed by atoms with Crippen molar-refractivity contribution in [3.8, 4) is 0 Å². The van der Waals surface area contributed by atoms with E-state index in [1.54, 1.807) is 0 Å². The van der Waals surface area contributed by atoms with Crippen molar-refractivity contribution in [1.29, 1.82) is 0 Å². The van der Waals surface area contributed by atoms with E-state index in [2.05, 4.69) is 39.0 Å². The molecule has 1 N–H and O–H groups in total. The van der Waals surface area contributed by atoms with Crippen molar-refractivity contribution in [2.24, 2.45) is 11.3 Å². The monoisotopic (exact) mass is 218 g/mol. The Morgan fingerprint density at radius 3 is 2.25 bits per heavy atom. The number of hydrogen-bond donors (Lipinski definition) is 1. The van der Waals surface area contributed by atoms with Crippen LogP contribution in [0.5, 0.6) is 0 Å². The Labute approximate surface area is 98.5 Å². The van der Waals surface area contributed by atoms with Crippen LogP contribution < -0.4 is 0 Å². The number of benzene rings is 1. The van der Waals surface area contributed by atoms with Crippen LogP contribution in [0.2, 0.25) is 0 Å². The molecular formula is C15H22O. The lowest BCUT2D eigenvalue weighted by molar-refractivity contribution is 0.119. The summed E-state index contributed by atoms with van der Waals surface area (Å²) < 4.78 is 0. The quantitative estimate of drug-likeness (QED) is 0.822. The highest BCUT2D eigenvalue weighted by Crippen LogP contribution is 2.47. The molecule has 1 fully saturated rings. The lowest BCUT2D eigenvalue weighted by Gasteiger charge is -2.29. The van der Waals surface area contributed by atoms with Gasteiger partial charge in [0.15, 0.2) is 0 Å². The van der Waals surface area contributed by atoms with Crippen molar-refractivity contribution in [3.63, 3.8) is 0 Å². The highest BCUT2D eigenvalue weighted by Gasteiger charge is 2.41. The van der Waals surface area contributed by atoms with Gasteiger partial charge in [0.2, 0.25) is 0 Å². The molecule has 0 aromatic heterocycles. The number of aliphatic hydroxyl groups is 1. The molecule has 88 valence electrons. The first kappa shape index (κ1) is 11.7. The maximum Gasteiger partial charge on any atom is 0.0490 e. The smallest absolute Gasteiger partial charge is 0.0490 e. The van der Waals surface area contributed by atoms with Crippen molar-refractivity contribution in [2.75, 3.05) is 6.61 Å². The molecule has 2 rings (SSSR count). The fourth-order valence-electron chi connectivity index (χ4n) is 2.64. The first-order valence-electron chi connectivity index (χ1n) is 6.23. The van der Waals surface area contributed by atoms with Crippen LogP contribution in [0.1, 0.15) is 36.5 Å². The Hall–Kier alpha value is -0.820. The summed E-state index contributed by atoms with van der Waals surface area (Å²) in [5.74, 6) is 0.733. The van der Waals surface area contributed by atoms with Gasteiger partial charge in [0.25, 0.3) is 0 Å². The van der Waals surface area contributed by atoms with Gasteiger partial charge in [-0.3, -0.25) is 0 Å². The molecule has 1 unspecified atom stereocenters. The van der Waals surface area contributed by atoms with Crippen LogP contribution in [-0.2, 0) is 6.42 Å². The normalized spacial score (nSPS) is 19.5. The average molecular weight is 218 g/mol. The van der Waals surface area contributed by atoms with E-state index in [9.17, 15) is 5.11 Å². The van der Waals surface area contributed by atoms with Gasteiger partial charge in [-0.2, -0.15) is 0 Å². The molecule has 0 radical (unpaired) electrons. The molecule has 0 spiro atoms. The minimum absolute atomic E-state index is 0.0941. The fraction of sp³-hybridized carbons (Fsp3) is 0.600. The average Bonchev–Trinajstić information content (AvgIpc) is 3.07. The lowest BCUT2D eigenvalue weighted by atomic mass is 9.78. The SMILES string of the molecule is Cc1cccc(C)c1CC(C)(CO)C1CC1. The number of hydrogen-bond acceptors (Lipinski definition) is 1. The summed E-state index contributed by atoms with van der Waals surface area (Å²) in [6, 6.07) is 6.46. The highest BCUT2D eigenvalue weighted by molar-refractivity contribution is 5.34. The van der Waals surface area contributed by atoms with Crippen LogP contribution in [-0.4, -0.2) is 11.7 Å². The summed E-state index contributed by atoms with van der Waals surface area (Å²) in [5, 5.41) is 9.64. The molecule has 16 heavy (non-hydrogen) atoms. The summed E-state index contributed by atoms with van der Waals surface area (Å²) in [6.07, 6.45) is 3.61. The first-order chi connectivity index (χ1) is 7.57. The molecule has 0 aliphatic heterocycles. The van der Waals surface area contributed by atoms with Crippen molar-refractivity contribution in [3.05, 3.63) is 34.9 Å². The second-order valence-electron chi connectivity index (χ2n) is 5.63. The van der Waals surface area contributed by atoms with E-state index in [1.807, 2.05) is 0 Å². The zero-order valence-corrected chi connectivity index (χ0v) is 10.6. The van der Waals surface area contributed by atoms with Crippen LogP contribution in [0.4, 0.5) is 0 Å². The molecule has 1 aliphatic rings. The fourth-order valence-corrected chi connectivity index (χ4v) is 2.64. The molecule has 0 saturated heterocycles. The maximum absolute atomic E-state index is 9.64. The third kappa shape index (κ3) is 2.15. The van der Waals surface area contributed by atoms with Crippen LogP contribution in [0, 0.1) is 25.2 Å². The van der Waals surface area contributed by atoms with Crippen LogP contribution >= 0.6 is 0 Å². The largest absolute Gasteiger partial charge is 0.396 e. The van der Waals surface area contributed by atoms with Gasteiger partial charge < -0.3 is 5.11 Å². The summed E-state index contributed by atoms with van der Waals surface area (Å²) in [5.41, 5.74) is 4.25. The van der Waals surface area contributed by atoms with Gasteiger partial charge in [-0.15, -0.1) is 0 Å². The Bertz CT molecular complexity index is 359. The maximum atomic E-state index is 9.64. The highest BCUT2D eigenvalue weighted by atomic mass is 16.3. The van der Waals surface area contributed by atoms with Crippen molar-refractivity contribution in [1.82, 2.24) is 0 Å². The minimum atomic E-state index is 0.0941. The summed E-state index contributed by atoms with van der Waals surface area (Å²) in [7, 11) is 0. The van der Waals surface area contributed by atoms with E-state index in [0.717, 1.165) is 12.3 Å². The van der Waals surface area contributed by atoms with E-state index in [-0.39, 0.29) is 5.41 Å². The molecule has 1 nitrogen and oxygen atoms in total. The van der Waals surface area contributed by atoms with Gasteiger partial charge in [0.1, 0.15) is 0 Å². The second-order valence-corrected chi connectivity index (χ2v) is 5.63. The zero-order valence-electron chi connectivity index (χ0n) is 10.6. The minimum Gasteiger partial charge on any atom is -0.396 e. The molecule has 1 saturated carbocycles. The summed E-state index contributed by atoms with van der Waals surface area (Å²) in [4.78, 5) is 0. The van der Waals surface area contributed by atoms with Crippen LogP contribution in [0.25, 0.3) is 0 Å². The zero-order chi connectivity index (χ0) is 11.8. The summed E-state index contributed by atoms with van der Waals surface area (Å²) >= 11 is 0. The Morgan fingerprint density at radius 1 is 1.25 bits per heavy atom. The molecule has 1 aliphatic carbocycles. The Morgan fingerprint density at radius 2 is 1.81 bits per heavy atom. The molecule has 0 heterocycles. The summed E-state index contributed by atoms with van der Waals surface area (Å²) in [6.45, 7) is 6.89. The third-order valence-electron chi connectivity index (χ3n) is 4.15. The van der Waals surface area contributed by atoms with E-state index < -0.39 is 0 Å². The Kier molecular flexibility index (Phi) is 3.07. The third-order valence-corrected chi connectivity index (χ3v) is 4.15. The second kappa shape index (κ2) is 4.21. The predicted molar refractivity (Wildman–Crippen MR) is 67.5 cm³/mol. The van der Waals surface area contributed by atoms with E-state index in [1.165, 1.54) is 29.5 Å². The van der Waals surface area contributed by atoms with E-state index in [0.29, 0.717) is 6.61 Å². The number of rotatable bonds is 4. The molecule has 1 aromatic carbocycles. The molecular weight excluding hydrogens is 196 g/mol. The topological polar surface area (TPSA) is 20.2 Å². The van der Waals surface area contributed by atoms with E-state index in [4.69, 9.17) is 0 Å². The number of aliphatic hydroxyl groups excluding tert-OH is 1. The Balaban J connectivity index is 2.25.